The monoisotopic (exact) mass is 312 g/mol. The van der Waals surface area contributed by atoms with E-state index in [4.69, 9.17) is 5.73 Å². The molecule has 0 saturated heterocycles. The topological polar surface area (TPSA) is 89.3 Å². The predicted molar refractivity (Wildman–Crippen MR) is 85.8 cm³/mol. The molecule has 1 rings (SSSR count). The number of rotatable bonds is 4. The first-order chi connectivity index (χ1) is 9.42. The van der Waals surface area contributed by atoms with Crippen LogP contribution in [-0.2, 0) is 20.4 Å². The van der Waals surface area contributed by atoms with Gasteiger partial charge >= 0.3 is 0 Å². The highest BCUT2D eigenvalue weighted by molar-refractivity contribution is 7.89. The molecule has 1 atom stereocenters. The molecule has 0 aliphatic heterocycles. The van der Waals surface area contributed by atoms with Crippen molar-refractivity contribution in [2.24, 2.45) is 11.1 Å². The van der Waals surface area contributed by atoms with Gasteiger partial charge in [0.25, 0.3) is 0 Å². The molecule has 21 heavy (non-hydrogen) atoms. The fourth-order valence-electron chi connectivity index (χ4n) is 1.86. The minimum absolute atomic E-state index is 0.0477. The predicted octanol–water partition coefficient (Wildman–Crippen LogP) is 1.85. The van der Waals surface area contributed by atoms with Crippen LogP contribution in [0.4, 0.5) is 5.69 Å². The Hall–Kier alpha value is -1.40. The number of carbonyl (C=O) groups is 1. The molecule has 0 aliphatic rings. The van der Waals surface area contributed by atoms with Crippen molar-refractivity contribution in [3.05, 3.63) is 29.3 Å². The fourth-order valence-corrected chi connectivity index (χ4v) is 2.74. The van der Waals surface area contributed by atoms with Gasteiger partial charge in [0.15, 0.2) is 9.84 Å². The highest BCUT2D eigenvalue weighted by Crippen LogP contribution is 2.23. The van der Waals surface area contributed by atoms with E-state index in [0.717, 1.165) is 5.56 Å². The van der Waals surface area contributed by atoms with Crippen molar-refractivity contribution in [2.75, 3.05) is 11.6 Å². The van der Waals surface area contributed by atoms with Crippen LogP contribution in [0.25, 0.3) is 0 Å². The second-order valence-corrected chi connectivity index (χ2v) is 8.63. The highest BCUT2D eigenvalue weighted by atomic mass is 32.2. The molecule has 0 heterocycles. The van der Waals surface area contributed by atoms with Crippen molar-refractivity contribution in [1.29, 1.82) is 0 Å². The molecule has 6 heteroatoms. The lowest BCUT2D eigenvalue weighted by atomic mass is 9.87. The Morgan fingerprint density at radius 1 is 1.33 bits per heavy atom. The van der Waals surface area contributed by atoms with Crippen molar-refractivity contribution < 1.29 is 13.2 Å². The van der Waals surface area contributed by atoms with Crippen molar-refractivity contribution >= 4 is 21.4 Å². The molecule has 1 aromatic rings. The molecule has 0 unspecified atom stereocenters. The van der Waals surface area contributed by atoms with Gasteiger partial charge in [-0.2, -0.15) is 0 Å². The third-order valence-electron chi connectivity index (χ3n) is 3.34. The van der Waals surface area contributed by atoms with Gasteiger partial charge in [0.1, 0.15) is 0 Å². The molecule has 0 radical (unpaired) electrons. The standard InChI is InChI=1S/C15H24N2O3S/c1-10-11(9-21(5,19)20)7-6-8-12(10)17-14(18)13(16)15(2,3)4/h6-8,13H,9,16H2,1-5H3,(H,17,18)/t13-/m1/s1. The Morgan fingerprint density at radius 2 is 1.90 bits per heavy atom. The molecule has 0 aliphatic carbocycles. The van der Waals surface area contributed by atoms with Crippen LogP contribution in [0.15, 0.2) is 18.2 Å². The molecule has 1 aromatic carbocycles. The van der Waals surface area contributed by atoms with E-state index in [2.05, 4.69) is 5.32 Å². The van der Waals surface area contributed by atoms with Gasteiger partial charge in [0.2, 0.25) is 5.91 Å². The molecule has 0 spiro atoms. The van der Waals surface area contributed by atoms with Gasteiger partial charge in [-0.05, 0) is 29.5 Å². The summed E-state index contributed by atoms with van der Waals surface area (Å²) in [6.45, 7) is 7.47. The lowest BCUT2D eigenvalue weighted by molar-refractivity contribution is -0.119. The number of anilines is 1. The molecule has 3 N–H and O–H groups in total. The van der Waals surface area contributed by atoms with Crippen LogP contribution in [0.5, 0.6) is 0 Å². The van der Waals surface area contributed by atoms with Gasteiger partial charge in [-0.25, -0.2) is 8.42 Å². The van der Waals surface area contributed by atoms with Crippen LogP contribution in [0, 0.1) is 12.3 Å². The van der Waals surface area contributed by atoms with Gasteiger partial charge in [0.05, 0.1) is 11.8 Å². The summed E-state index contributed by atoms with van der Waals surface area (Å²) in [4.78, 5) is 12.2. The highest BCUT2D eigenvalue weighted by Gasteiger charge is 2.27. The number of benzene rings is 1. The average molecular weight is 312 g/mol. The number of amides is 1. The molecule has 0 aromatic heterocycles. The van der Waals surface area contributed by atoms with Gasteiger partial charge in [-0.3, -0.25) is 4.79 Å². The van der Waals surface area contributed by atoms with E-state index in [0.29, 0.717) is 11.3 Å². The molecular formula is C15H24N2O3S. The summed E-state index contributed by atoms with van der Waals surface area (Å²) in [5.41, 5.74) is 7.60. The third-order valence-corrected chi connectivity index (χ3v) is 4.17. The molecule has 0 bridgehead atoms. The Labute approximate surface area is 126 Å². The van der Waals surface area contributed by atoms with Crippen LogP contribution < -0.4 is 11.1 Å². The van der Waals surface area contributed by atoms with Crippen molar-refractivity contribution in [2.45, 2.75) is 39.5 Å². The van der Waals surface area contributed by atoms with Crippen molar-refractivity contribution in [3.8, 4) is 0 Å². The fraction of sp³-hybridized carbons (Fsp3) is 0.533. The average Bonchev–Trinajstić information content (AvgIpc) is 2.30. The van der Waals surface area contributed by atoms with E-state index in [-0.39, 0.29) is 17.1 Å². The maximum absolute atomic E-state index is 12.2. The van der Waals surface area contributed by atoms with Crippen LogP contribution in [0.2, 0.25) is 0 Å². The zero-order valence-corrected chi connectivity index (χ0v) is 14.0. The zero-order valence-electron chi connectivity index (χ0n) is 13.2. The van der Waals surface area contributed by atoms with E-state index in [1.54, 1.807) is 25.1 Å². The number of nitrogens with two attached hydrogens (primary N) is 1. The smallest absolute Gasteiger partial charge is 0.241 e. The summed E-state index contributed by atoms with van der Waals surface area (Å²) in [6.07, 6.45) is 1.19. The lowest BCUT2D eigenvalue weighted by Crippen LogP contribution is -2.45. The molecule has 5 nitrogen and oxygen atoms in total. The summed E-state index contributed by atoms with van der Waals surface area (Å²) in [5.74, 6) is -0.324. The maximum Gasteiger partial charge on any atom is 0.241 e. The van der Waals surface area contributed by atoms with Crippen LogP contribution in [0.3, 0.4) is 0 Å². The van der Waals surface area contributed by atoms with E-state index in [1.807, 2.05) is 20.8 Å². The summed E-state index contributed by atoms with van der Waals surface area (Å²) in [5, 5.41) is 2.78. The first-order valence-electron chi connectivity index (χ1n) is 6.74. The number of nitrogens with one attached hydrogen (secondary N) is 1. The molecule has 118 valence electrons. The zero-order chi connectivity index (χ0) is 16.4. The van der Waals surface area contributed by atoms with Crippen LogP contribution >= 0.6 is 0 Å². The third kappa shape index (κ3) is 5.13. The Bertz CT molecular complexity index is 631. The quantitative estimate of drug-likeness (QED) is 0.888. The minimum atomic E-state index is -3.12. The van der Waals surface area contributed by atoms with E-state index in [9.17, 15) is 13.2 Å². The molecule has 0 saturated carbocycles. The van der Waals surface area contributed by atoms with Gasteiger partial charge in [-0.15, -0.1) is 0 Å². The van der Waals surface area contributed by atoms with Gasteiger partial charge in [-0.1, -0.05) is 32.9 Å². The largest absolute Gasteiger partial charge is 0.324 e. The SMILES string of the molecule is Cc1c(CS(C)(=O)=O)cccc1NC(=O)[C@@H](N)C(C)(C)C. The van der Waals surface area contributed by atoms with E-state index >= 15 is 0 Å². The molecule has 0 fully saturated rings. The summed E-state index contributed by atoms with van der Waals surface area (Å²) >= 11 is 0. The second kappa shape index (κ2) is 6.15. The maximum atomic E-state index is 12.2. The van der Waals surface area contributed by atoms with Gasteiger partial charge in [0, 0.05) is 11.9 Å². The number of sulfone groups is 1. The lowest BCUT2D eigenvalue weighted by Gasteiger charge is -2.26. The Kier molecular flexibility index (Phi) is 5.17. The normalized spacial score (nSPS) is 13.8. The Morgan fingerprint density at radius 3 is 2.38 bits per heavy atom. The number of hydrogen-bond acceptors (Lipinski definition) is 4. The molecular weight excluding hydrogens is 288 g/mol. The van der Waals surface area contributed by atoms with E-state index in [1.165, 1.54) is 6.26 Å². The minimum Gasteiger partial charge on any atom is -0.324 e. The van der Waals surface area contributed by atoms with Crippen molar-refractivity contribution in [1.82, 2.24) is 0 Å². The number of carbonyl (C=O) groups excluding carboxylic acids is 1. The number of hydrogen-bond donors (Lipinski definition) is 2. The van der Waals surface area contributed by atoms with E-state index < -0.39 is 15.9 Å². The van der Waals surface area contributed by atoms with Crippen molar-refractivity contribution in [3.63, 3.8) is 0 Å². The first kappa shape index (κ1) is 17.7. The van der Waals surface area contributed by atoms with Crippen LogP contribution in [0.1, 0.15) is 31.9 Å². The summed E-state index contributed by atoms with van der Waals surface area (Å²) in [6, 6.07) is 4.58. The van der Waals surface area contributed by atoms with Gasteiger partial charge < -0.3 is 11.1 Å². The summed E-state index contributed by atoms with van der Waals surface area (Å²) in [7, 11) is -3.12. The summed E-state index contributed by atoms with van der Waals surface area (Å²) < 4.78 is 22.8. The second-order valence-electron chi connectivity index (χ2n) is 6.49. The Balaban J connectivity index is 3.01. The van der Waals surface area contributed by atoms with Crippen LogP contribution in [-0.4, -0.2) is 26.6 Å². The first-order valence-corrected chi connectivity index (χ1v) is 8.80. The molecule has 1 amide bonds.